The van der Waals surface area contributed by atoms with Crippen LogP contribution in [-0.4, -0.2) is 24.0 Å². The maximum absolute atomic E-state index is 11.1. The normalized spacial score (nSPS) is 16.4. The van der Waals surface area contributed by atoms with Crippen molar-refractivity contribution in [2.75, 3.05) is 11.9 Å². The Balaban J connectivity index is 2.44. The molecule has 0 saturated heterocycles. The number of ether oxygens (including phenoxy) is 2. The van der Waals surface area contributed by atoms with E-state index in [2.05, 4.69) is 0 Å². The monoisotopic (exact) mass is 265 g/mol. The Morgan fingerprint density at radius 3 is 2.68 bits per heavy atom. The molecule has 0 spiro atoms. The molecular weight excluding hydrogens is 246 g/mol. The lowest BCUT2D eigenvalue weighted by molar-refractivity contribution is -0.208. The van der Waals surface area contributed by atoms with E-state index < -0.39 is 11.9 Å². The molecule has 1 aliphatic heterocycles. The molecule has 5 heteroatoms. The molecule has 0 atom stereocenters. The van der Waals surface area contributed by atoms with Gasteiger partial charge in [-0.3, -0.25) is 4.90 Å². The molecule has 0 fully saturated rings. The van der Waals surface area contributed by atoms with E-state index in [4.69, 9.17) is 14.6 Å². The second-order valence-electron chi connectivity index (χ2n) is 4.62. The maximum Gasteiger partial charge on any atom is 0.411 e. The molecule has 1 aromatic rings. The van der Waals surface area contributed by atoms with E-state index in [1.807, 2.05) is 26.0 Å². The first-order valence-corrected chi connectivity index (χ1v) is 6.44. The van der Waals surface area contributed by atoms with Crippen molar-refractivity contribution in [3.05, 3.63) is 23.8 Å². The van der Waals surface area contributed by atoms with Crippen LogP contribution in [0.2, 0.25) is 0 Å². The summed E-state index contributed by atoms with van der Waals surface area (Å²) < 4.78 is 11.8. The number of benzene rings is 1. The average molecular weight is 265 g/mol. The number of anilines is 1. The van der Waals surface area contributed by atoms with Gasteiger partial charge >= 0.3 is 6.09 Å². The van der Waals surface area contributed by atoms with E-state index >= 15 is 0 Å². The van der Waals surface area contributed by atoms with Crippen molar-refractivity contribution in [1.29, 1.82) is 0 Å². The molecular formula is C14H19NO4. The summed E-state index contributed by atoms with van der Waals surface area (Å²) in [5.74, 6) is -0.0371. The predicted molar refractivity (Wildman–Crippen MR) is 71.6 cm³/mol. The quantitative estimate of drug-likeness (QED) is 0.911. The number of hydrogen-bond acceptors (Lipinski definition) is 3. The van der Waals surface area contributed by atoms with Crippen LogP contribution in [0, 0.1) is 0 Å². The van der Waals surface area contributed by atoms with E-state index in [1.54, 1.807) is 6.07 Å². The lowest BCUT2D eigenvalue weighted by Gasteiger charge is -2.38. The SMILES string of the molecule is CCC1(CC)OCc2cccc(N(C)C(=O)O)c2O1. The van der Waals surface area contributed by atoms with E-state index in [0.717, 1.165) is 5.56 Å². The zero-order chi connectivity index (χ0) is 14.0. The van der Waals surface area contributed by atoms with Crippen LogP contribution in [0.4, 0.5) is 10.5 Å². The summed E-state index contributed by atoms with van der Waals surface area (Å²) >= 11 is 0. The molecule has 0 radical (unpaired) electrons. The van der Waals surface area contributed by atoms with Gasteiger partial charge in [-0.1, -0.05) is 26.0 Å². The van der Waals surface area contributed by atoms with Crippen molar-refractivity contribution >= 4 is 11.8 Å². The summed E-state index contributed by atoms with van der Waals surface area (Å²) in [6.45, 7) is 4.44. The Morgan fingerprint density at radius 2 is 2.11 bits per heavy atom. The summed E-state index contributed by atoms with van der Waals surface area (Å²) in [6, 6.07) is 5.45. The third-order valence-electron chi connectivity index (χ3n) is 3.58. The summed E-state index contributed by atoms with van der Waals surface area (Å²) in [6.07, 6.45) is 0.421. The Morgan fingerprint density at radius 1 is 1.42 bits per heavy atom. The molecule has 1 aliphatic rings. The number of amides is 1. The van der Waals surface area contributed by atoms with Crippen LogP contribution in [0.1, 0.15) is 32.3 Å². The minimum atomic E-state index is -1.01. The van der Waals surface area contributed by atoms with Crippen molar-refractivity contribution in [3.63, 3.8) is 0 Å². The van der Waals surface area contributed by atoms with Gasteiger partial charge in [-0.15, -0.1) is 0 Å². The van der Waals surface area contributed by atoms with E-state index in [0.29, 0.717) is 30.9 Å². The first kappa shape index (κ1) is 13.7. The number of nitrogens with zero attached hydrogens (tertiary/aromatic N) is 1. The minimum absolute atomic E-state index is 0.443. The van der Waals surface area contributed by atoms with Crippen LogP contribution in [0.3, 0.4) is 0 Å². The molecule has 19 heavy (non-hydrogen) atoms. The summed E-state index contributed by atoms with van der Waals surface area (Å²) in [7, 11) is 1.51. The molecule has 0 bridgehead atoms. The molecule has 104 valence electrons. The Bertz CT molecular complexity index is 482. The number of hydrogen-bond donors (Lipinski definition) is 1. The van der Waals surface area contributed by atoms with Crippen molar-refractivity contribution < 1.29 is 19.4 Å². The molecule has 1 aromatic carbocycles. The molecule has 1 heterocycles. The van der Waals surface area contributed by atoms with Gasteiger partial charge in [-0.25, -0.2) is 4.79 Å². The van der Waals surface area contributed by atoms with Crippen LogP contribution in [0.15, 0.2) is 18.2 Å². The number of carbonyl (C=O) groups is 1. The van der Waals surface area contributed by atoms with Crippen LogP contribution >= 0.6 is 0 Å². The summed E-state index contributed by atoms with van der Waals surface area (Å²) in [5, 5.41) is 9.12. The van der Waals surface area contributed by atoms with Crippen molar-refractivity contribution in [2.24, 2.45) is 0 Å². The van der Waals surface area contributed by atoms with E-state index in [-0.39, 0.29) is 0 Å². The van der Waals surface area contributed by atoms with E-state index in [1.165, 1.54) is 11.9 Å². The van der Waals surface area contributed by atoms with Gasteiger partial charge in [0.1, 0.15) is 0 Å². The largest absolute Gasteiger partial charge is 0.465 e. The van der Waals surface area contributed by atoms with Gasteiger partial charge in [0.2, 0.25) is 5.79 Å². The second-order valence-corrected chi connectivity index (χ2v) is 4.62. The molecule has 0 aromatic heterocycles. The minimum Gasteiger partial charge on any atom is -0.465 e. The summed E-state index contributed by atoms with van der Waals surface area (Å²) in [5.41, 5.74) is 1.43. The number of carboxylic acid groups (broad SMARTS) is 1. The second kappa shape index (κ2) is 5.09. The molecule has 1 N–H and O–H groups in total. The standard InChI is InChI=1S/C14H19NO4/c1-4-14(5-2)18-9-10-7-6-8-11(12(10)19-14)15(3)13(16)17/h6-8H,4-5,9H2,1-3H3,(H,16,17). The third kappa shape index (κ3) is 2.38. The van der Waals surface area contributed by atoms with E-state index in [9.17, 15) is 4.79 Å². The lowest BCUT2D eigenvalue weighted by atomic mass is 10.1. The number of para-hydroxylation sites is 1. The highest BCUT2D eigenvalue weighted by molar-refractivity contribution is 5.88. The smallest absolute Gasteiger partial charge is 0.411 e. The Kier molecular flexibility index (Phi) is 3.66. The van der Waals surface area contributed by atoms with Gasteiger partial charge in [0, 0.05) is 25.5 Å². The highest BCUT2D eigenvalue weighted by Crippen LogP contribution is 2.41. The topological polar surface area (TPSA) is 59.0 Å². The fraction of sp³-hybridized carbons (Fsp3) is 0.500. The molecule has 5 nitrogen and oxygen atoms in total. The molecule has 1 amide bonds. The molecule has 0 saturated carbocycles. The highest BCUT2D eigenvalue weighted by Gasteiger charge is 2.36. The fourth-order valence-corrected chi connectivity index (χ4v) is 2.19. The van der Waals surface area contributed by atoms with Crippen molar-refractivity contribution in [1.82, 2.24) is 0 Å². The van der Waals surface area contributed by atoms with Crippen molar-refractivity contribution in [3.8, 4) is 5.75 Å². The predicted octanol–water partition coefficient (Wildman–Crippen LogP) is 3.23. The average Bonchev–Trinajstić information content (AvgIpc) is 2.45. The highest BCUT2D eigenvalue weighted by atomic mass is 16.7. The Hall–Kier alpha value is -1.75. The molecule has 0 unspecified atom stereocenters. The first-order valence-electron chi connectivity index (χ1n) is 6.44. The zero-order valence-corrected chi connectivity index (χ0v) is 11.5. The van der Waals surface area contributed by atoms with Gasteiger partial charge in [0.15, 0.2) is 5.75 Å². The van der Waals surface area contributed by atoms with Crippen molar-refractivity contribution in [2.45, 2.75) is 39.1 Å². The lowest BCUT2D eigenvalue weighted by Crippen LogP contribution is -2.41. The van der Waals surface area contributed by atoms with Gasteiger partial charge in [-0.2, -0.15) is 0 Å². The van der Waals surface area contributed by atoms with Crippen LogP contribution in [-0.2, 0) is 11.3 Å². The first-order chi connectivity index (χ1) is 9.03. The van der Waals surface area contributed by atoms with Gasteiger partial charge in [-0.05, 0) is 6.07 Å². The molecule has 0 aliphatic carbocycles. The maximum atomic E-state index is 11.1. The third-order valence-corrected chi connectivity index (χ3v) is 3.58. The van der Waals surface area contributed by atoms with Crippen LogP contribution in [0.5, 0.6) is 5.75 Å². The van der Waals surface area contributed by atoms with Crippen LogP contribution in [0.25, 0.3) is 0 Å². The number of fused-ring (bicyclic) bond motifs is 1. The van der Waals surface area contributed by atoms with Gasteiger partial charge in [0.25, 0.3) is 0 Å². The van der Waals surface area contributed by atoms with Gasteiger partial charge < -0.3 is 14.6 Å². The molecule has 2 rings (SSSR count). The Labute approximate surface area is 112 Å². The van der Waals surface area contributed by atoms with Crippen LogP contribution < -0.4 is 9.64 Å². The fourth-order valence-electron chi connectivity index (χ4n) is 2.19. The summed E-state index contributed by atoms with van der Waals surface area (Å²) in [4.78, 5) is 12.3. The van der Waals surface area contributed by atoms with Gasteiger partial charge in [0.05, 0.1) is 12.3 Å². The zero-order valence-electron chi connectivity index (χ0n) is 11.5. The number of rotatable bonds is 3.